The van der Waals surface area contributed by atoms with Crippen LogP contribution in [0.2, 0.25) is 0 Å². The van der Waals surface area contributed by atoms with Crippen molar-refractivity contribution in [1.29, 1.82) is 0 Å². The minimum Gasteiger partial charge on any atom is -0.495 e. The number of fused-ring (bicyclic) bond motifs is 1. The minimum atomic E-state index is -0.490. The highest BCUT2D eigenvalue weighted by Crippen LogP contribution is 2.34. The van der Waals surface area contributed by atoms with E-state index >= 15 is 0 Å². The summed E-state index contributed by atoms with van der Waals surface area (Å²) < 4.78 is 15.4. The first-order chi connectivity index (χ1) is 21.1. The maximum Gasteiger partial charge on any atom is 0.410 e. The molecule has 10 heteroatoms. The van der Waals surface area contributed by atoms with Crippen molar-refractivity contribution in [3.8, 4) is 28.1 Å². The predicted molar refractivity (Wildman–Crippen MR) is 172 cm³/mol. The molecule has 5 aromatic rings. The number of likely N-dealkylation sites (tertiary alicyclic amines) is 1. The molecule has 6 rings (SSSR count). The van der Waals surface area contributed by atoms with Crippen molar-refractivity contribution < 1.29 is 14.3 Å². The van der Waals surface area contributed by atoms with E-state index < -0.39 is 5.60 Å². The Morgan fingerprint density at radius 1 is 0.932 bits per heavy atom. The molecule has 1 saturated heterocycles. The highest BCUT2D eigenvalue weighted by atomic mass is 16.6. The van der Waals surface area contributed by atoms with Crippen LogP contribution in [0.5, 0.6) is 5.75 Å². The zero-order valence-corrected chi connectivity index (χ0v) is 26.2. The van der Waals surface area contributed by atoms with Gasteiger partial charge >= 0.3 is 6.09 Å². The molecule has 1 fully saturated rings. The molecule has 0 bridgehead atoms. The van der Waals surface area contributed by atoms with Gasteiger partial charge < -0.3 is 24.3 Å². The highest BCUT2D eigenvalue weighted by Gasteiger charge is 2.28. The number of rotatable bonds is 6. The van der Waals surface area contributed by atoms with Crippen LogP contribution in [-0.4, -0.2) is 61.1 Å². The Balaban J connectivity index is 1.16. The second-order valence-corrected chi connectivity index (χ2v) is 12.3. The normalized spacial score (nSPS) is 14.2. The zero-order chi connectivity index (χ0) is 31.0. The van der Waals surface area contributed by atoms with Gasteiger partial charge in [0.05, 0.1) is 36.9 Å². The lowest BCUT2D eigenvalue weighted by Crippen LogP contribution is -2.42. The molecule has 0 saturated carbocycles. The number of aryl methyl sites for hydroxylation is 1. The van der Waals surface area contributed by atoms with Crippen LogP contribution in [-0.2, 0) is 11.8 Å². The summed E-state index contributed by atoms with van der Waals surface area (Å²) in [6, 6.07) is 14.7. The number of ether oxygens (including phenoxy) is 2. The summed E-state index contributed by atoms with van der Waals surface area (Å²) in [5.41, 5.74) is 4.53. The average molecular weight is 594 g/mol. The van der Waals surface area contributed by atoms with Crippen LogP contribution < -0.4 is 10.1 Å². The minimum absolute atomic E-state index is 0.242. The first-order valence-electron chi connectivity index (χ1n) is 14.9. The standard InChI is InChI=1S/C34H39N7O3/c1-22-35-20-30(39(22)5)24-9-10-29(31(16-24)43-6)38-32-17-26-15-23(7-8-25(26)18-36-32)27-19-37-41(21-27)28-11-13-40(14-12-28)33(42)44-34(2,3)4/h7-10,15-21,28H,11-14H2,1-6H3,(H,36,38). The van der Waals surface area contributed by atoms with E-state index in [-0.39, 0.29) is 12.1 Å². The van der Waals surface area contributed by atoms with Gasteiger partial charge in [0.2, 0.25) is 0 Å². The SMILES string of the molecule is COc1cc(-c2cnc(C)n2C)ccc1Nc1cc2cc(-c3cnn(C4CCN(C(=O)OC(C)(C)C)CC4)c3)ccc2cn1. The van der Waals surface area contributed by atoms with Crippen LogP contribution in [0.15, 0.2) is 67.3 Å². The van der Waals surface area contributed by atoms with Crippen molar-refractivity contribution in [2.45, 2.75) is 52.2 Å². The summed E-state index contributed by atoms with van der Waals surface area (Å²) in [5, 5.41) is 10.2. The Morgan fingerprint density at radius 2 is 1.70 bits per heavy atom. The van der Waals surface area contributed by atoms with Gasteiger partial charge in [-0.15, -0.1) is 0 Å². The predicted octanol–water partition coefficient (Wildman–Crippen LogP) is 7.13. The van der Waals surface area contributed by atoms with Crippen molar-refractivity contribution in [1.82, 2.24) is 29.2 Å². The summed E-state index contributed by atoms with van der Waals surface area (Å²) in [4.78, 5) is 23.3. The molecule has 1 aliphatic heterocycles. The summed E-state index contributed by atoms with van der Waals surface area (Å²) >= 11 is 0. The van der Waals surface area contributed by atoms with Crippen LogP contribution in [0.25, 0.3) is 33.2 Å². The number of carbonyl (C=O) groups excluding carboxylic acids is 1. The molecule has 10 nitrogen and oxygen atoms in total. The van der Waals surface area contributed by atoms with Gasteiger partial charge in [-0.05, 0) is 75.8 Å². The van der Waals surface area contributed by atoms with E-state index in [1.54, 1.807) is 12.0 Å². The Bertz CT molecular complexity index is 1810. The Labute approximate surface area is 257 Å². The number of imidazole rings is 1. The fraction of sp³-hybridized carbons (Fsp3) is 0.353. The highest BCUT2D eigenvalue weighted by molar-refractivity contribution is 5.89. The first-order valence-corrected chi connectivity index (χ1v) is 14.9. The smallest absolute Gasteiger partial charge is 0.410 e. The molecule has 1 amide bonds. The van der Waals surface area contributed by atoms with Crippen molar-refractivity contribution >= 4 is 28.4 Å². The Hall–Kier alpha value is -4.86. The molecule has 0 radical (unpaired) electrons. The molecule has 1 N–H and O–H groups in total. The van der Waals surface area contributed by atoms with Crippen LogP contribution in [0, 0.1) is 6.92 Å². The fourth-order valence-electron chi connectivity index (χ4n) is 5.58. The molecule has 0 aliphatic carbocycles. The van der Waals surface area contributed by atoms with Crippen LogP contribution in [0.1, 0.15) is 45.5 Å². The topological polar surface area (TPSA) is 99.3 Å². The summed E-state index contributed by atoms with van der Waals surface area (Å²) in [5.74, 6) is 2.40. The third kappa shape index (κ3) is 6.10. The number of hydrogen-bond donors (Lipinski definition) is 1. The Morgan fingerprint density at radius 3 is 2.41 bits per heavy atom. The number of anilines is 2. The largest absolute Gasteiger partial charge is 0.495 e. The molecule has 0 atom stereocenters. The second-order valence-electron chi connectivity index (χ2n) is 12.3. The lowest BCUT2D eigenvalue weighted by molar-refractivity contribution is 0.0185. The average Bonchev–Trinajstić information content (AvgIpc) is 3.63. The van der Waals surface area contributed by atoms with Crippen molar-refractivity contribution in [2.24, 2.45) is 7.05 Å². The summed E-state index contributed by atoms with van der Waals surface area (Å²) in [7, 11) is 3.68. The van der Waals surface area contributed by atoms with Crippen LogP contribution in [0.3, 0.4) is 0 Å². The van der Waals surface area contributed by atoms with Crippen LogP contribution in [0.4, 0.5) is 16.3 Å². The number of pyridine rings is 1. The molecule has 4 heterocycles. The van der Waals surface area contributed by atoms with E-state index in [1.165, 1.54) is 0 Å². The molecule has 0 spiro atoms. The quantitative estimate of drug-likeness (QED) is 0.224. The maximum absolute atomic E-state index is 12.5. The van der Waals surface area contributed by atoms with Crippen molar-refractivity contribution in [3.63, 3.8) is 0 Å². The third-order valence-electron chi connectivity index (χ3n) is 8.13. The van der Waals surface area contributed by atoms with Gasteiger partial charge in [0, 0.05) is 49.0 Å². The number of amides is 1. The van der Waals surface area contributed by atoms with Gasteiger partial charge in [0.1, 0.15) is 23.0 Å². The van der Waals surface area contributed by atoms with E-state index in [0.29, 0.717) is 13.1 Å². The van der Waals surface area contributed by atoms with Gasteiger partial charge in [-0.3, -0.25) is 4.68 Å². The number of aromatic nitrogens is 5. The van der Waals surface area contributed by atoms with Crippen molar-refractivity contribution in [3.05, 3.63) is 73.1 Å². The maximum atomic E-state index is 12.5. The van der Waals surface area contributed by atoms with Crippen LogP contribution >= 0.6 is 0 Å². The van der Waals surface area contributed by atoms with E-state index in [0.717, 1.165) is 69.1 Å². The number of piperidine rings is 1. The van der Waals surface area contributed by atoms with E-state index in [4.69, 9.17) is 14.6 Å². The fourth-order valence-corrected chi connectivity index (χ4v) is 5.58. The molecule has 1 aliphatic rings. The second kappa shape index (κ2) is 11.7. The summed E-state index contributed by atoms with van der Waals surface area (Å²) in [6.07, 6.45) is 9.20. The van der Waals surface area contributed by atoms with E-state index in [1.807, 2.05) is 76.2 Å². The monoisotopic (exact) mass is 593 g/mol. The first kappa shape index (κ1) is 29.2. The number of hydrogen-bond acceptors (Lipinski definition) is 7. The number of nitrogens with one attached hydrogen (secondary N) is 1. The molecule has 3 aromatic heterocycles. The molecule has 44 heavy (non-hydrogen) atoms. The third-order valence-corrected chi connectivity index (χ3v) is 8.13. The lowest BCUT2D eigenvalue weighted by atomic mass is 10.0. The molecule has 2 aromatic carbocycles. The van der Waals surface area contributed by atoms with Crippen molar-refractivity contribution in [2.75, 3.05) is 25.5 Å². The number of carbonyl (C=O) groups is 1. The number of benzene rings is 2. The lowest BCUT2D eigenvalue weighted by Gasteiger charge is -2.33. The summed E-state index contributed by atoms with van der Waals surface area (Å²) in [6.45, 7) is 8.98. The van der Waals surface area contributed by atoms with Gasteiger partial charge in [-0.2, -0.15) is 5.10 Å². The van der Waals surface area contributed by atoms with E-state index in [9.17, 15) is 4.79 Å². The Kier molecular flexibility index (Phi) is 7.75. The zero-order valence-electron chi connectivity index (χ0n) is 26.2. The van der Waals surface area contributed by atoms with Gasteiger partial charge in [-0.25, -0.2) is 14.8 Å². The molecular weight excluding hydrogens is 554 g/mol. The number of nitrogens with zero attached hydrogens (tertiary/aromatic N) is 6. The molecule has 0 unspecified atom stereocenters. The van der Waals surface area contributed by atoms with Gasteiger partial charge in [-0.1, -0.05) is 18.2 Å². The molecule has 228 valence electrons. The van der Waals surface area contributed by atoms with Gasteiger partial charge in [0.15, 0.2) is 0 Å². The van der Waals surface area contributed by atoms with E-state index in [2.05, 4.69) is 50.3 Å². The van der Waals surface area contributed by atoms with Gasteiger partial charge in [0.25, 0.3) is 0 Å². The number of methoxy groups -OCH3 is 1. The molecular formula is C34H39N7O3.